The zero-order valence-corrected chi connectivity index (χ0v) is 11.8. The highest BCUT2D eigenvalue weighted by atomic mass is 79.9. The van der Waals surface area contributed by atoms with E-state index in [1.807, 2.05) is 6.92 Å². The van der Waals surface area contributed by atoms with Crippen LogP contribution in [0.4, 0.5) is 5.69 Å². The van der Waals surface area contributed by atoms with Crippen LogP contribution in [0.25, 0.3) is 0 Å². The summed E-state index contributed by atoms with van der Waals surface area (Å²) in [4.78, 5) is 0.133. The zero-order valence-electron chi connectivity index (χ0n) is 9.44. The molecule has 96 valence electrons. The first-order valence-electron chi connectivity index (χ1n) is 5.10. The van der Waals surface area contributed by atoms with E-state index in [-0.39, 0.29) is 11.4 Å². The maximum absolute atomic E-state index is 11.9. The summed E-state index contributed by atoms with van der Waals surface area (Å²) in [6, 6.07) is 4.64. The van der Waals surface area contributed by atoms with Crippen molar-refractivity contribution in [1.82, 2.24) is 4.72 Å². The van der Waals surface area contributed by atoms with Crippen LogP contribution in [0.2, 0.25) is 0 Å². The van der Waals surface area contributed by atoms with Crippen LogP contribution in [-0.4, -0.2) is 28.2 Å². The summed E-state index contributed by atoms with van der Waals surface area (Å²) in [5, 5.41) is 0. The summed E-state index contributed by atoms with van der Waals surface area (Å²) in [5.74, 6) is 0. The van der Waals surface area contributed by atoms with Gasteiger partial charge in [0.05, 0.1) is 11.5 Å². The quantitative estimate of drug-likeness (QED) is 0.611. The molecule has 0 bridgehead atoms. The van der Waals surface area contributed by atoms with Crippen molar-refractivity contribution in [1.29, 1.82) is 0 Å². The van der Waals surface area contributed by atoms with Crippen LogP contribution in [-0.2, 0) is 14.8 Å². The highest BCUT2D eigenvalue weighted by molar-refractivity contribution is 9.10. The van der Waals surface area contributed by atoms with Gasteiger partial charge >= 0.3 is 0 Å². The Morgan fingerprint density at radius 2 is 2.18 bits per heavy atom. The Hall–Kier alpha value is -0.630. The number of hydrogen-bond donors (Lipinski definition) is 2. The molecule has 17 heavy (non-hydrogen) atoms. The Morgan fingerprint density at radius 3 is 2.82 bits per heavy atom. The van der Waals surface area contributed by atoms with E-state index in [1.54, 1.807) is 12.1 Å². The fourth-order valence-corrected chi connectivity index (χ4v) is 3.21. The smallest absolute Gasteiger partial charge is 0.241 e. The van der Waals surface area contributed by atoms with Gasteiger partial charge in [-0.1, -0.05) is 0 Å². The van der Waals surface area contributed by atoms with Gasteiger partial charge in [0.1, 0.15) is 0 Å². The molecule has 0 amide bonds. The molecule has 0 saturated heterocycles. The number of benzene rings is 1. The first kappa shape index (κ1) is 14.4. The molecule has 1 rings (SSSR count). The van der Waals surface area contributed by atoms with Crippen LogP contribution in [0.1, 0.15) is 6.92 Å². The normalized spacial score (nSPS) is 11.6. The number of nitrogens with two attached hydrogens (primary N) is 1. The summed E-state index contributed by atoms with van der Waals surface area (Å²) in [6.07, 6.45) is 0. The third-order valence-corrected chi connectivity index (χ3v) is 4.44. The summed E-state index contributed by atoms with van der Waals surface area (Å²) in [7, 11) is -3.55. The van der Waals surface area contributed by atoms with Crippen molar-refractivity contribution in [2.75, 3.05) is 25.5 Å². The van der Waals surface area contributed by atoms with E-state index >= 15 is 0 Å². The lowest BCUT2D eigenvalue weighted by molar-refractivity contribution is 0.153. The number of halogens is 1. The van der Waals surface area contributed by atoms with Crippen molar-refractivity contribution < 1.29 is 13.2 Å². The second-order valence-corrected chi connectivity index (χ2v) is 5.87. The molecule has 0 radical (unpaired) electrons. The average molecular weight is 323 g/mol. The minimum absolute atomic E-state index is 0.133. The van der Waals surface area contributed by atoms with Gasteiger partial charge in [-0.25, -0.2) is 13.1 Å². The van der Waals surface area contributed by atoms with E-state index in [2.05, 4.69) is 20.7 Å². The van der Waals surface area contributed by atoms with Gasteiger partial charge in [-0.15, -0.1) is 0 Å². The van der Waals surface area contributed by atoms with Crippen molar-refractivity contribution in [3.63, 3.8) is 0 Å². The summed E-state index contributed by atoms with van der Waals surface area (Å²) < 4.78 is 31.8. The molecular weight excluding hydrogens is 308 g/mol. The van der Waals surface area contributed by atoms with Gasteiger partial charge in [0.25, 0.3) is 0 Å². The van der Waals surface area contributed by atoms with Gasteiger partial charge in [-0.2, -0.15) is 0 Å². The Labute approximate surface area is 110 Å². The molecule has 0 fully saturated rings. The Morgan fingerprint density at radius 1 is 1.47 bits per heavy atom. The number of ether oxygens (including phenoxy) is 1. The Kier molecular flexibility index (Phi) is 5.38. The van der Waals surface area contributed by atoms with E-state index in [9.17, 15) is 8.42 Å². The number of nitrogen functional groups attached to an aromatic ring is 1. The lowest BCUT2D eigenvalue weighted by Gasteiger charge is -2.09. The fraction of sp³-hybridized carbons (Fsp3) is 0.400. The van der Waals surface area contributed by atoms with E-state index in [0.29, 0.717) is 23.4 Å². The van der Waals surface area contributed by atoms with Crippen LogP contribution in [0, 0.1) is 0 Å². The molecule has 0 unspecified atom stereocenters. The van der Waals surface area contributed by atoms with Crippen LogP contribution in [0.15, 0.2) is 27.6 Å². The highest BCUT2D eigenvalue weighted by Crippen LogP contribution is 2.23. The maximum atomic E-state index is 11.9. The summed E-state index contributed by atoms with van der Waals surface area (Å²) in [5.41, 5.74) is 5.96. The largest absolute Gasteiger partial charge is 0.399 e. The molecule has 0 aliphatic carbocycles. The zero-order chi connectivity index (χ0) is 12.9. The molecule has 0 spiro atoms. The van der Waals surface area contributed by atoms with Crippen molar-refractivity contribution in [3.8, 4) is 0 Å². The molecule has 0 saturated carbocycles. The van der Waals surface area contributed by atoms with E-state index in [0.717, 1.165) is 0 Å². The fourth-order valence-electron chi connectivity index (χ4n) is 1.20. The van der Waals surface area contributed by atoms with Crippen LogP contribution < -0.4 is 10.5 Å². The van der Waals surface area contributed by atoms with Crippen molar-refractivity contribution in [3.05, 3.63) is 22.7 Å². The molecule has 1 aromatic carbocycles. The standard InChI is InChI=1S/C10H15BrN2O3S/c1-2-16-6-5-13-17(14,15)10-7-8(12)3-4-9(10)11/h3-4,7,13H,2,5-6,12H2,1H3. The minimum atomic E-state index is -3.55. The predicted octanol–water partition coefficient (Wildman–Crippen LogP) is 1.35. The first-order valence-corrected chi connectivity index (χ1v) is 7.37. The molecule has 3 N–H and O–H groups in total. The van der Waals surface area contributed by atoms with Gasteiger partial charge in [-0.05, 0) is 41.1 Å². The van der Waals surface area contributed by atoms with E-state index in [1.165, 1.54) is 6.07 Å². The summed E-state index contributed by atoms with van der Waals surface area (Å²) >= 11 is 3.18. The molecule has 5 nitrogen and oxygen atoms in total. The molecule has 0 heterocycles. The van der Waals surface area contributed by atoms with Crippen molar-refractivity contribution in [2.24, 2.45) is 0 Å². The number of nitrogens with one attached hydrogen (secondary N) is 1. The number of anilines is 1. The molecule has 0 aliphatic rings. The van der Waals surface area contributed by atoms with Gasteiger partial charge in [0, 0.05) is 23.3 Å². The van der Waals surface area contributed by atoms with Gasteiger partial charge in [0.15, 0.2) is 0 Å². The second-order valence-electron chi connectivity index (χ2n) is 3.28. The maximum Gasteiger partial charge on any atom is 0.241 e. The lowest BCUT2D eigenvalue weighted by Crippen LogP contribution is -2.27. The number of sulfonamides is 1. The number of hydrogen-bond acceptors (Lipinski definition) is 4. The van der Waals surface area contributed by atoms with Crippen LogP contribution >= 0.6 is 15.9 Å². The second kappa shape index (κ2) is 6.34. The molecule has 1 aromatic rings. The first-order chi connectivity index (χ1) is 7.97. The van der Waals surface area contributed by atoms with Gasteiger partial charge in [0.2, 0.25) is 10.0 Å². The molecular formula is C10H15BrN2O3S. The average Bonchev–Trinajstić information content (AvgIpc) is 2.28. The predicted molar refractivity (Wildman–Crippen MR) is 70.2 cm³/mol. The van der Waals surface area contributed by atoms with Gasteiger partial charge < -0.3 is 10.5 Å². The van der Waals surface area contributed by atoms with Crippen LogP contribution in [0.3, 0.4) is 0 Å². The van der Waals surface area contributed by atoms with E-state index < -0.39 is 10.0 Å². The Bertz CT molecular complexity index is 476. The lowest BCUT2D eigenvalue weighted by atomic mass is 10.3. The molecule has 0 aliphatic heterocycles. The highest BCUT2D eigenvalue weighted by Gasteiger charge is 2.17. The molecule has 0 aromatic heterocycles. The third-order valence-electron chi connectivity index (χ3n) is 1.99. The topological polar surface area (TPSA) is 81.4 Å². The van der Waals surface area contributed by atoms with Crippen molar-refractivity contribution in [2.45, 2.75) is 11.8 Å². The van der Waals surface area contributed by atoms with E-state index in [4.69, 9.17) is 10.5 Å². The third kappa shape index (κ3) is 4.27. The van der Waals surface area contributed by atoms with Crippen LogP contribution in [0.5, 0.6) is 0 Å². The molecule has 0 atom stereocenters. The van der Waals surface area contributed by atoms with Crippen molar-refractivity contribution >= 4 is 31.6 Å². The Balaban J connectivity index is 2.79. The number of rotatable bonds is 6. The summed E-state index contributed by atoms with van der Waals surface area (Å²) in [6.45, 7) is 2.99. The molecule has 7 heteroatoms. The monoisotopic (exact) mass is 322 g/mol. The minimum Gasteiger partial charge on any atom is -0.399 e. The SMILES string of the molecule is CCOCCNS(=O)(=O)c1cc(N)ccc1Br. The van der Waals surface area contributed by atoms with Gasteiger partial charge in [-0.3, -0.25) is 0 Å².